The topological polar surface area (TPSA) is 38.0 Å². The number of anilines is 1. The molecule has 1 atom stereocenters. The summed E-state index contributed by atoms with van der Waals surface area (Å²) in [6.45, 7) is 5.04. The molecule has 1 fully saturated rings. The molecule has 1 aromatic carbocycles. The Balaban J connectivity index is 2.27. The van der Waals surface area contributed by atoms with Gasteiger partial charge in [0.05, 0.1) is 0 Å². The van der Waals surface area contributed by atoms with E-state index < -0.39 is 24.0 Å². The van der Waals surface area contributed by atoms with Crippen LogP contribution in [0.15, 0.2) is 18.7 Å². The molecule has 1 aliphatic rings. The first kappa shape index (κ1) is 14.7. The van der Waals surface area contributed by atoms with Crippen LogP contribution in [0.25, 0.3) is 5.70 Å². The molecule has 3 N–H and O–H groups in total. The van der Waals surface area contributed by atoms with Gasteiger partial charge in [-0.05, 0) is 43.4 Å². The quantitative estimate of drug-likeness (QED) is 0.827. The maximum atomic E-state index is 13.9. The lowest BCUT2D eigenvalue weighted by Crippen LogP contribution is -2.38. The smallest absolute Gasteiger partial charge is 0.399 e. The molecule has 0 radical (unpaired) electrons. The zero-order chi connectivity index (χ0) is 15.1. The number of nitrogens with two attached hydrogens (primary N) is 1. The number of halogens is 4. The van der Waals surface area contributed by atoms with Crippen molar-refractivity contribution in [1.29, 1.82) is 0 Å². The molecule has 1 saturated carbocycles. The molecule has 1 aromatic rings. The molecular weight excluding hydrogens is 272 g/mol. The van der Waals surface area contributed by atoms with E-state index in [2.05, 4.69) is 11.9 Å². The number of hydrogen-bond donors (Lipinski definition) is 2. The van der Waals surface area contributed by atoms with Crippen LogP contribution in [-0.4, -0.2) is 12.2 Å². The Hall–Kier alpha value is -1.72. The molecule has 20 heavy (non-hydrogen) atoms. The Morgan fingerprint density at radius 1 is 1.40 bits per heavy atom. The third-order valence-electron chi connectivity index (χ3n) is 3.38. The van der Waals surface area contributed by atoms with Crippen LogP contribution in [0.1, 0.15) is 24.0 Å². The van der Waals surface area contributed by atoms with Gasteiger partial charge in [0, 0.05) is 16.9 Å². The molecule has 0 amide bonds. The highest BCUT2D eigenvalue weighted by Crippen LogP contribution is 2.42. The normalized spacial score (nSPS) is 16.9. The minimum atomic E-state index is -4.35. The van der Waals surface area contributed by atoms with E-state index in [1.54, 1.807) is 6.92 Å². The van der Waals surface area contributed by atoms with Gasteiger partial charge in [-0.15, -0.1) is 0 Å². The lowest BCUT2D eigenvalue weighted by molar-refractivity contribution is -0.146. The highest BCUT2D eigenvalue weighted by molar-refractivity contribution is 5.67. The highest BCUT2D eigenvalue weighted by atomic mass is 19.4. The number of benzene rings is 1. The minimum absolute atomic E-state index is 0.0566. The average molecular weight is 288 g/mol. The third-order valence-corrected chi connectivity index (χ3v) is 3.38. The predicted octanol–water partition coefficient (Wildman–Crippen LogP) is 3.82. The van der Waals surface area contributed by atoms with E-state index in [1.165, 1.54) is 6.07 Å². The summed E-state index contributed by atoms with van der Waals surface area (Å²) >= 11 is 0. The van der Waals surface area contributed by atoms with Gasteiger partial charge in [-0.3, -0.25) is 0 Å². The first-order valence-corrected chi connectivity index (χ1v) is 6.28. The maximum Gasteiger partial charge on any atom is 0.408 e. The Kier molecular flexibility index (Phi) is 3.67. The van der Waals surface area contributed by atoms with E-state index >= 15 is 0 Å². The maximum absolute atomic E-state index is 13.9. The average Bonchev–Trinajstić information content (AvgIpc) is 3.06. The summed E-state index contributed by atoms with van der Waals surface area (Å²) in [6.07, 6.45) is -3.27. The molecule has 0 saturated heterocycles. The van der Waals surface area contributed by atoms with Crippen molar-refractivity contribution in [3.8, 4) is 0 Å². The lowest BCUT2D eigenvalue weighted by Gasteiger charge is -2.23. The Labute approximate surface area is 114 Å². The molecule has 0 spiro atoms. The van der Waals surface area contributed by atoms with Gasteiger partial charge in [0.15, 0.2) is 0 Å². The van der Waals surface area contributed by atoms with E-state index in [4.69, 9.17) is 5.73 Å². The summed E-state index contributed by atoms with van der Waals surface area (Å²) in [6, 6.07) is 0.854. The van der Waals surface area contributed by atoms with Crippen LogP contribution in [0, 0.1) is 18.7 Å². The lowest BCUT2D eigenvalue weighted by atomic mass is 10.0. The van der Waals surface area contributed by atoms with Crippen LogP contribution < -0.4 is 11.1 Å². The molecule has 110 valence electrons. The van der Waals surface area contributed by atoms with Gasteiger partial charge in [-0.1, -0.05) is 6.58 Å². The second-order valence-electron chi connectivity index (χ2n) is 5.18. The number of hydrogen-bond acceptors (Lipinski definition) is 2. The molecule has 6 heteroatoms. The molecule has 0 bridgehead atoms. The van der Waals surface area contributed by atoms with Crippen molar-refractivity contribution in [2.24, 2.45) is 11.7 Å². The van der Waals surface area contributed by atoms with Gasteiger partial charge >= 0.3 is 6.18 Å². The number of nitrogens with one attached hydrogen (secondary N) is 1. The first-order valence-electron chi connectivity index (χ1n) is 6.28. The summed E-state index contributed by atoms with van der Waals surface area (Å²) in [5, 5.41) is 2.39. The van der Waals surface area contributed by atoms with E-state index in [0.29, 0.717) is 18.4 Å². The molecule has 0 heterocycles. The van der Waals surface area contributed by atoms with Gasteiger partial charge in [-0.25, -0.2) is 4.39 Å². The molecular formula is C14H16F4N2. The van der Waals surface area contributed by atoms with E-state index in [-0.39, 0.29) is 16.9 Å². The second kappa shape index (κ2) is 5.00. The van der Waals surface area contributed by atoms with Crippen molar-refractivity contribution in [2.75, 3.05) is 5.32 Å². The van der Waals surface area contributed by atoms with Gasteiger partial charge < -0.3 is 11.1 Å². The Bertz CT molecular complexity index is 509. The van der Waals surface area contributed by atoms with Crippen LogP contribution in [0.2, 0.25) is 0 Å². The second-order valence-corrected chi connectivity index (χ2v) is 5.18. The molecule has 0 aromatic heterocycles. The van der Waals surface area contributed by atoms with E-state index in [1.807, 2.05) is 0 Å². The molecule has 2 nitrogen and oxygen atoms in total. The van der Waals surface area contributed by atoms with Crippen LogP contribution in [0.3, 0.4) is 0 Å². The summed E-state index contributed by atoms with van der Waals surface area (Å²) in [7, 11) is 0. The zero-order valence-corrected chi connectivity index (χ0v) is 11.0. The fourth-order valence-corrected chi connectivity index (χ4v) is 2.31. The largest absolute Gasteiger partial charge is 0.408 e. The van der Waals surface area contributed by atoms with Crippen LogP contribution in [-0.2, 0) is 0 Å². The van der Waals surface area contributed by atoms with Crippen molar-refractivity contribution < 1.29 is 17.6 Å². The van der Waals surface area contributed by atoms with Crippen molar-refractivity contribution in [3.05, 3.63) is 35.7 Å². The highest BCUT2D eigenvalue weighted by Gasteiger charge is 2.48. The third kappa shape index (κ3) is 3.05. The van der Waals surface area contributed by atoms with Crippen LogP contribution in [0.5, 0.6) is 0 Å². The van der Waals surface area contributed by atoms with Crippen LogP contribution in [0.4, 0.5) is 23.2 Å². The zero-order valence-electron chi connectivity index (χ0n) is 11.0. The number of aryl methyl sites for hydroxylation is 1. The number of alkyl halides is 3. The van der Waals surface area contributed by atoms with E-state index in [0.717, 1.165) is 6.07 Å². The summed E-state index contributed by atoms with van der Waals surface area (Å²) in [5.41, 5.74) is 6.23. The van der Waals surface area contributed by atoms with Gasteiger partial charge in [0.2, 0.25) is 0 Å². The van der Waals surface area contributed by atoms with Gasteiger partial charge in [0.25, 0.3) is 0 Å². The Morgan fingerprint density at radius 3 is 2.40 bits per heavy atom. The first-order chi connectivity index (χ1) is 9.20. The molecule has 1 aliphatic carbocycles. The van der Waals surface area contributed by atoms with Crippen molar-refractivity contribution in [3.63, 3.8) is 0 Å². The summed E-state index contributed by atoms with van der Waals surface area (Å²) in [5.74, 6) is -1.10. The molecule has 2 rings (SSSR count). The SMILES string of the molecule is C=C(N)c1c(C)cc(NC(C2CC2)C(F)(F)F)cc1F. The van der Waals surface area contributed by atoms with Gasteiger partial charge in [0.1, 0.15) is 11.9 Å². The Morgan fingerprint density at radius 2 is 2.00 bits per heavy atom. The standard InChI is InChI=1S/C14H16F4N2/c1-7-5-10(6-11(15)12(7)8(2)19)20-13(9-3-4-9)14(16,17)18/h5-6,9,13,20H,2-4,19H2,1H3. The van der Waals surface area contributed by atoms with E-state index in [9.17, 15) is 17.6 Å². The monoisotopic (exact) mass is 288 g/mol. The number of rotatable bonds is 4. The van der Waals surface area contributed by atoms with Crippen molar-refractivity contribution >= 4 is 11.4 Å². The molecule has 1 unspecified atom stereocenters. The minimum Gasteiger partial charge on any atom is -0.399 e. The molecule has 0 aliphatic heterocycles. The fourth-order valence-electron chi connectivity index (χ4n) is 2.31. The van der Waals surface area contributed by atoms with Crippen molar-refractivity contribution in [1.82, 2.24) is 0 Å². The summed E-state index contributed by atoms with van der Waals surface area (Å²) < 4.78 is 52.6. The fraction of sp³-hybridized carbons (Fsp3) is 0.429. The van der Waals surface area contributed by atoms with Gasteiger partial charge in [-0.2, -0.15) is 13.2 Å². The summed E-state index contributed by atoms with van der Waals surface area (Å²) in [4.78, 5) is 0. The van der Waals surface area contributed by atoms with Crippen LogP contribution >= 0.6 is 0 Å². The van der Waals surface area contributed by atoms with Crippen molar-refractivity contribution in [2.45, 2.75) is 32.0 Å². The predicted molar refractivity (Wildman–Crippen MR) is 70.5 cm³/mol.